The molecule has 1 aromatic carbocycles. The number of aromatic carboxylic acids is 1. The van der Waals surface area contributed by atoms with Crippen LogP contribution in [-0.2, 0) is 0 Å². The zero-order chi connectivity index (χ0) is 18.9. The first-order chi connectivity index (χ1) is 11.2. The second-order valence-corrected chi connectivity index (χ2v) is 4.47. The minimum absolute atomic E-state index is 0.0509. The maximum Gasteiger partial charge on any atom is 0.335 e. The molecule has 0 atom stereocenters. The van der Waals surface area contributed by atoms with Crippen molar-refractivity contribution in [2.24, 2.45) is 16.5 Å². The fourth-order valence-electron chi connectivity index (χ4n) is 1.43. The van der Waals surface area contributed by atoms with Crippen LogP contribution in [0.3, 0.4) is 0 Å². The molecule has 134 valence electrons. The van der Waals surface area contributed by atoms with Gasteiger partial charge in [0, 0.05) is 14.1 Å². The van der Waals surface area contributed by atoms with Crippen LogP contribution in [0.2, 0.25) is 0 Å². The minimum atomic E-state index is -1.05. The van der Waals surface area contributed by atoms with Crippen molar-refractivity contribution in [3.05, 3.63) is 17.7 Å². The van der Waals surface area contributed by atoms with Gasteiger partial charge in [-0.05, 0) is 12.1 Å². The van der Waals surface area contributed by atoms with Gasteiger partial charge < -0.3 is 35.7 Å². The molecule has 0 spiro atoms. The lowest BCUT2D eigenvalue weighted by Gasteiger charge is -2.12. The molecule has 24 heavy (non-hydrogen) atoms. The van der Waals surface area contributed by atoms with E-state index < -0.39 is 5.97 Å². The number of benzene rings is 1. The van der Waals surface area contributed by atoms with Crippen molar-refractivity contribution in [3.63, 3.8) is 0 Å². The number of methoxy groups -OCH3 is 3. The number of guanidine groups is 2. The Morgan fingerprint density at radius 2 is 1.58 bits per heavy atom. The average molecular weight is 341 g/mol. The predicted octanol–water partition coefficient (Wildman–Crippen LogP) is 0.167. The summed E-state index contributed by atoms with van der Waals surface area (Å²) in [6.07, 6.45) is 0. The highest BCUT2D eigenvalue weighted by Gasteiger charge is 2.15. The van der Waals surface area contributed by atoms with Crippen molar-refractivity contribution in [1.29, 1.82) is 5.41 Å². The molecule has 0 aliphatic carbocycles. The van der Waals surface area contributed by atoms with Gasteiger partial charge in [-0.25, -0.2) is 4.79 Å². The molecule has 0 fully saturated rings. The number of nitrogens with one attached hydrogen (secondary N) is 1. The van der Waals surface area contributed by atoms with E-state index >= 15 is 0 Å². The van der Waals surface area contributed by atoms with Gasteiger partial charge in [-0.3, -0.25) is 5.41 Å². The molecule has 0 aliphatic rings. The number of ether oxygens (including phenoxy) is 3. The quantitative estimate of drug-likeness (QED) is 0.446. The summed E-state index contributed by atoms with van der Waals surface area (Å²) in [5.74, 6) is -0.0496. The summed E-state index contributed by atoms with van der Waals surface area (Å²) in [6, 6.07) is 2.76. The summed E-state index contributed by atoms with van der Waals surface area (Å²) in [5.41, 5.74) is 10.1. The number of carbonyl (C=O) groups is 1. The molecular weight excluding hydrogens is 318 g/mol. The summed E-state index contributed by atoms with van der Waals surface area (Å²) in [4.78, 5) is 15.7. The van der Waals surface area contributed by atoms with Gasteiger partial charge in [-0.2, -0.15) is 4.99 Å². The Balaban J connectivity index is 0.000000506. The van der Waals surface area contributed by atoms with E-state index in [0.29, 0.717) is 17.2 Å². The number of rotatable bonds is 4. The standard InChI is InChI=1S/C10H12O5.C4H11N5/c1-13-7-4-6(10(11)12)5-8(14-2)9(7)15-3;1-9(2)4(7)8-3(5)6/h4-5H,1-3H3,(H,11,12);1-2H3,(H5,5,6,7,8). The molecule has 10 nitrogen and oxygen atoms in total. The first-order valence-electron chi connectivity index (χ1n) is 6.56. The van der Waals surface area contributed by atoms with Gasteiger partial charge >= 0.3 is 5.97 Å². The molecular formula is C14H23N5O5. The van der Waals surface area contributed by atoms with Crippen molar-refractivity contribution < 1.29 is 24.1 Å². The number of nitrogens with two attached hydrogens (primary N) is 2. The lowest BCUT2D eigenvalue weighted by molar-refractivity contribution is 0.0696. The van der Waals surface area contributed by atoms with E-state index in [1.807, 2.05) is 0 Å². The molecule has 6 N–H and O–H groups in total. The Hall–Kier alpha value is -3.17. The van der Waals surface area contributed by atoms with E-state index in [1.54, 1.807) is 14.1 Å². The van der Waals surface area contributed by atoms with E-state index in [2.05, 4.69) is 4.99 Å². The van der Waals surface area contributed by atoms with Crippen LogP contribution < -0.4 is 25.7 Å². The smallest absolute Gasteiger partial charge is 0.335 e. The Morgan fingerprint density at radius 1 is 1.12 bits per heavy atom. The topological polar surface area (TPSA) is 156 Å². The molecule has 0 amide bonds. The number of carboxylic acids is 1. The summed E-state index contributed by atoms with van der Waals surface area (Å²) < 4.78 is 15.1. The fourth-order valence-corrected chi connectivity index (χ4v) is 1.43. The summed E-state index contributed by atoms with van der Waals surface area (Å²) in [5, 5.41) is 15.9. The molecule has 1 rings (SSSR count). The fraction of sp³-hybridized carbons (Fsp3) is 0.357. The Bertz CT molecular complexity index is 587. The van der Waals surface area contributed by atoms with E-state index in [0.717, 1.165) is 0 Å². The molecule has 0 aromatic heterocycles. The van der Waals surface area contributed by atoms with Gasteiger partial charge in [0.25, 0.3) is 0 Å². The number of nitrogens with zero attached hydrogens (tertiary/aromatic N) is 2. The summed E-state index contributed by atoms with van der Waals surface area (Å²) in [6.45, 7) is 0. The van der Waals surface area contributed by atoms with Crippen LogP contribution in [0.5, 0.6) is 17.2 Å². The summed E-state index contributed by atoms with van der Waals surface area (Å²) in [7, 11) is 7.70. The zero-order valence-electron chi connectivity index (χ0n) is 14.3. The van der Waals surface area contributed by atoms with Gasteiger partial charge in [-0.15, -0.1) is 0 Å². The van der Waals surface area contributed by atoms with Crippen molar-refractivity contribution >= 4 is 17.9 Å². The monoisotopic (exact) mass is 341 g/mol. The van der Waals surface area contributed by atoms with Gasteiger partial charge in [0.05, 0.1) is 26.9 Å². The van der Waals surface area contributed by atoms with Gasteiger partial charge in [-0.1, -0.05) is 0 Å². The van der Waals surface area contributed by atoms with Crippen LogP contribution in [0.25, 0.3) is 0 Å². The maximum atomic E-state index is 10.8. The number of aliphatic imine (C=N–C) groups is 1. The molecule has 0 unspecified atom stereocenters. The number of carboxylic acid groups (broad SMARTS) is 1. The molecule has 1 aromatic rings. The Morgan fingerprint density at radius 3 is 1.79 bits per heavy atom. The normalized spacial score (nSPS) is 9.04. The Labute approximate surface area is 140 Å². The SMILES string of the molecule is CN(C)C(=N)N=C(N)N.COc1cc(C(=O)O)cc(OC)c1OC. The third kappa shape index (κ3) is 6.30. The van der Waals surface area contributed by atoms with E-state index in [9.17, 15) is 4.79 Å². The predicted molar refractivity (Wildman–Crippen MR) is 90.3 cm³/mol. The van der Waals surface area contributed by atoms with Crippen LogP contribution in [0.15, 0.2) is 17.1 Å². The molecule has 10 heteroatoms. The highest BCUT2D eigenvalue weighted by atomic mass is 16.5. The zero-order valence-corrected chi connectivity index (χ0v) is 14.3. The van der Waals surface area contributed by atoms with Crippen LogP contribution in [-0.4, -0.2) is 63.3 Å². The van der Waals surface area contributed by atoms with Crippen LogP contribution in [0, 0.1) is 5.41 Å². The van der Waals surface area contributed by atoms with E-state index in [4.69, 9.17) is 36.2 Å². The van der Waals surface area contributed by atoms with Crippen LogP contribution in [0.4, 0.5) is 0 Å². The first-order valence-corrected chi connectivity index (χ1v) is 6.56. The molecule has 0 heterocycles. The highest BCUT2D eigenvalue weighted by molar-refractivity contribution is 5.91. The highest BCUT2D eigenvalue weighted by Crippen LogP contribution is 2.38. The van der Waals surface area contributed by atoms with Crippen molar-refractivity contribution in [3.8, 4) is 17.2 Å². The molecule has 0 saturated carbocycles. The van der Waals surface area contributed by atoms with Crippen molar-refractivity contribution in [2.75, 3.05) is 35.4 Å². The lowest BCUT2D eigenvalue weighted by Crippen LogP contribution is -2.28. The molecule has 0 aliphatic heterocycles. The van der Waals surface area contributed by atoms with Crippen molar-refractivity contribution in [2.45, 2.75) is 0 Å². The average Bonchev–Trinajstić information content (AvgIpc) is 2.52. The second kappa shape index (κ2) is 9.77. The third-order valence-electron chi connectivity index (χ3n) is 2.57. The van der Waals surface area contributed by atoms with Crippen molar-refractivity contribution in [1.82, 2.24) is 4.90 Å². The van der Waals surface area contributed by atoms with E-state index in [-0.39, 0.29) is 17.5 Å². The molecule has 0 saturated heterocycles. The largest absolute Gasteiger partial charge is 0.493 e. The van der Waals surface area contributed by atoms with Gasteiger partial charge in [0.1, 0.15) is 0 Å². The minimum Gasteiger partial charge on any atom is -0.493 e. The van der Waals surface area contributed by atoms with E-state index in [1.165, 1.54) is 38.4 Å². The molecule has 0 radical (unpaired) electrons. The third-order valence-corrected chi connectivity index (χ3v) is 2.57. The van der Waals surface area contributed by atoms with Gasteiger partial charge in [0.15, 0.2) is 17.5 Å². The maximum absolute atomic E-state index is 10.8. The van der Waals surface area contributed by atoms with Crippen LogP contribution in [0.1, 0.15) is 10.4 Å². The first kappa shape index (κ1) is 20.8. The Kier molecular flexibility index (Phi) is 8.48. The van der Waals surface area contributed by atoms with Crippen LogP contribution >= 0.6 is 0 Å². The number of hydrogen-bond donors (Lipinski definition) is 4. The molecule has 0 bridgehead atoms. The number of hydrogen-bond acceptors (Lipinski definition) is 5. The lowest BCUT2D eigenvalue weighted by atomic mass is 10.2. The second-order valence-electron chi connectivity index (χ2n) is 4.47. The summed E-state index contributed by atoms with van der Waals surface area (Å²) >= 11 is 0. The van der Waals surface area contributed by atoms with Gasteiger partial charge in [0.2, 0.25) is 11.7 Å².